The average molecular weight is 381 g/mol. The van der Waals surface area contributed by atoms with E-state index in [-0.39, 0.29) is 22.5 Å². The first-order valence-corrected chi connectivity index (χ1v) is 10.4. The number of nitrogens with one attached hydrogen (secondary N) is 1. The first-order chi connectivity index (χ1) is 12.0. The van der Waals surface area contributed by atoms with E-state index in [0.29, 0.717) is 12.8 Å². The minimum atomic E-state index is -3.71. The van der Waals surface area contributed by atoms with Gasteiger partial charge in [0.15, 0.2) is 0 Å². The lowest BCUT2D eigenvalue weighted by molar-refractivity contribution is -0.0830. The lowest BCUT2D eigenvalue weighted by Crippen LogP contribution is -2.58. The molecule has 0 heterocycles. The van der Waals surface area contributed by atoms with Crippen LogP contribution in [-0.2, 0) is 19.0 Å². The third kappa shape index (κ3) is 4.38. The van der Waals surface area contributed by atoms with Crippen molar-refractivity contribution in [1.82, 2.24) is 5.32 Å². The maximum Gasteiger partial charge on any atom is 0.407 e. The summed E-state index contributed by atoms with van der Waals surface area (Å²) in [6.07, 6.45) is 2.44. The van der Waals surface area contributed by atoms with Gasteiger partial charge in [-0.3, -0.25) is 4.18 Å². The highest BCUT2D eigenvalue weighted by Crippen LogP contribution is 2.57. The minimum Gasteiger partial charge on any atom is -0.444 e. The number of carbonyl (C=O) groups excluding carboxylic acids is 1. The Labute approximate surface area is 155 Å². The standard InChI is InChI=1S/C19H27NO5S/c1-13-5-7-16(8-6-13)26(22,23)25-15-11-19(12-15)9-14(10-19)20-17(21)24-18(2,3)4/h5-8,14-15H,9-12H2,1-4H3,(H,20,21). The molecule has 2 saturated carbocycles. The van der Waals surface area contributed by atoms with E-state index in [0.717, 1.165) is 18.4 Å². The van der Waals surface area contributed by atoms with Crippen molar-refractivity contribution in [3.05, 3.63) is 29.8 Å². The smallest absolute Gasteiger partial charge is 0.407 e. The lowest BCUT2D eigenvalue weighted by Gasteiger charge is -2.56. The number of alkyl carbamates (subject to hydrolysis) is 1. The average Bonchev–Trinajstić information content (AvgIpc) is 2.41. The first-order valence-electron chi connectivity index (χ1n) is 8.96. The van der Waals surface area contributed by atoms with Gasteiger partial charge < -0.3 is 10.1 Å². The van der Waals surface area contributed by atoms with E-state index in [1.54, 1.807) is 24.3 Å². The highest BCUT2D eigenvalue weighted by Gasteiger charge is 2.55. The summed E-state index contributed by atoms with van der Waals surface area (Å²) < 4.78 is 35.2. The van der Waals surface area contributed by atoms with Crippen molar-refractivity contribution in [2.75, 3.05) is 0 Å². The van der Waals surface area contributed by atoms with Gasteiger partial charge in [-0.1, -0.05) is 17.7 Å². The fourth-order valence-corrected chi connectivity index (χ4v) is 4.88. The molecule has 7 heteroatoms. The zero-order chi connectivity index (χ0) is 19.2. The number of aryl methyl sites for hydroxylation is 1. The summed E-state index contributed by atoms with van der Waals surface area (Å²) in [5.74, 6) is 0. The largest absolute Gasteiger partial charge is 0.444 e. The summed E-state index contributed by atoms with van der Waals surface area (Å²) >= 11 is 0. The highest BCUT2D eigenvalue weighted by atomic mass is 32.2. The van der Waals surface area contributed by atoms with Crippen LogP contribution in [-0.4, -0.2) is 32.3 Å². The second-order valence-corrected chi connectivity index (χ2v) is 10.2. The van der Waals surface area contributed by atoms with Crippen molar-refractivity contribution in [1.29, 1.82) is 0 Å². The Hall–Kier alpha value is -1.60. The van der Waals surface area contributed by atoms with E-state index < -0.39 is 21.8 Å². The molecular formula is C19H27NO5S. The maximum atomic E-state index is 12.3. The molecule has 0 atom stereocenters. The Morgan fingerprint density at radius 2 is 1.69 bits per heavy atom. The number of benzene rings is 1. The van der Waals surface area contributed by atoms with Gasteiger partial charge in [-0.25, -0.2) is 4.79 Å². The second kappa shape index (κ2) is 6.53. The van der Waals surface area contributed by atoms with Crippen LogP contribution < -0.4 is 5.32 Å². The van der Waals surface area contributed by atoms with Crippen molar-refractivity contribution >= 4 is 16.2 Å². The fourth-order valence-electron chi connectivity index (χ4n) is 3.81. The molecule has 1 aromatic rings. The molecule has 144 valence electrons. The van der Waals surface area contributed by atoms with E-state index >= 15 is 0 Å². The molecule has 3 rings (SSSR count). The van der Waals surface area contributed by atoms with E-state index in [4.69, 9.17) is 8.92 Å². The monoisotopic (exact) mass is 381 g/mol. The van der Waals surface area contributed by atoms with Crippen molar-refractivity contribution in [2.24, 2.45) is 5.41 Å². The fraction of sp³-hybridized carbons (Fsp3) is 0.632. The highest BCUT2D eigenvalue weighted by molar-refractivity contribution is 7.86. The predicted molar refractivity (Wildman–Crippen MR) is 97.3 cm³/mol. The summed E-state index contributed by atoms with van der Waals surface area (Å²) in [5.41, 5.74) is 0.600. The lowest BCUT2D eigenvalue weighted by atomic mass is 9.53. The van der Waals surface area contributed by atoms with Gasteiger partial charge in [0, 0.05) is 6.04 Å². The maximum absolute atomic E-state index is 12.3. The van der Waals surface area contributed by atoms with Crippen LogP contribution >= 0.6 is 0 Å². The first kappa shape index (κ1) is 19.2. The minimum absolute atomic E-state index is 0.0968. The van der Waals surface area contributed by atoms with Gasteiger partial charge in [-0.15, -0.1) is 0 Å². The second-order valence-electron chi connectivity index (χ2n) is 8.65. The molecule has 0 bridgehead atoms. The molecule has 2 fully saturated rings. The number of carbonyl (C=O) groups is 1. The van der Waals surface area contributed by atoms with Gasteiger partial charge in [0.25, 0.3) is 10.1 Å². The van der Waals surface area contributed by atoms with E-state index in [1.807, 2.05) is 27.7 Å². The molecule has 0 radical (unpaired) electrons. The van der Waals surface area contributed by atoms with E-state index in [9.17, 15) is 13.2 Å². The van der Waals surface area contributed by atoms with Crippen LogP contribution in [0.4, 0.5) is 4.79 Å². The summed E-state index contributed by atoms with van der Waals surface area (Å²) in [7, 11) is -3.71. The Balaban J connectivity index is 1.44. The summed E-state index contributed by atoms with van der Waals surface area (Å²) in [6, 6.07) is 6.76. The van der Waals surface area contributed by atoms with Crippen LogP contribution in [0.5, 0.6) is 0 Å². The SMILES string of the molecule is Cc1ccc(S(=O)(=O)OC2CC3(CC(NC(=O)OC(C)(C)C)C3)C2)cc1. The normalized spacial score (nSPS) is 28.2. The van der Waals surface area contributed by atoms with Crippen molar-refractivity contribution in [2.45, 2.75) is 76.0 Å². The number of hydrogen-bond donors (Lipinski definition) is 1. The van der Waals surface area contributed by atoms with Crippen LogP contribution in [0.25, 0.3) is 0 Å². The van der Waals surface area contributed by atoms with Gasteiger partial charge in [0.1, 0.15) is 5.60 Å². The quantitative estimate of drug-likeness (QED) is 0.807. The van der Waals surface area contributed by atoms with Crippen molar-refractivity contribution < 1.29 is 22.1 Å². The zero-order valence-corrected chi connectivity index (χ0v) is 16.6. The topological polar surface area (TPSA) is 81.7 Å². The molecule has 0 saturated heterocycles. The van der Waals surface area contributed by atoms with Crippen LogP contribution in [0, 0.1) is 12.3 Å². The molecule has 1 N–H and O–H groups in total. The Morgan fingerprint density at radius 3 is 2.23 bits per heavy atom. The summed E-state index contributed by atoms with van der Waals surface area (Å²) in [4.78, 5) is 12.0. The Morgan fingerprint density at radius 1 is 1.12 bits per heavy atom. The van der Waals surface area contributed by atoms with Gasteiger partial charge in [-0.05, 0) is 70.9 Å². The zero-order valence-electron chi connectivity index (χ0n) is 15.7. The molecule has 6 nitrogen and oxygen atoms in total. The van der Waals surface area contributed by atoms with Crippen molar-refractivity contribution in [3.63, 3.8) is 0 Å². The van der Waals surface area contributed by atoms with Crippen LogP contribution in [0.1, 0.15) is 52.0 Å². The molecule has 26 heavy (non-hydrogen) atoms. The molecule has 0 aliphatic heterocycles. The Kier molecular flexibility index (Phi) is 4.82. The van der Waals surface area contributed by atoms with Gasteiger partial charge in [-0.2, -0.15) is 8.42 Å². The van der Waals surface area contributed by atoms with Crippen LogP contribution in [0.3, 0.4) is 0 Å². The number of rotatable bonds is 4. The molecule has 1 amide bonds. The molecule has 0 aromatic heterocycles. The predicted octanol–water partition coefficient (Wildman–Crippen LogP) is 3.54. The number of hydrogen-bond acceptors (Lipinski definition) is 5. The van der Waals surface area contributed by atoms with Gasteiger partial charge in [0.2, 0.25) is 0 Å². The van der Waals surface area contributed by atoms with Gasteiger partial charge in [0.05, 0.1) is 11.0 Å². The summed E-state index contributed by atoms with van der Waals surface area (Å²) in [6.45, 7) is 7.40. The molecule has 1 spiro atoms. The van der Waals surface area contributed by atoms with E-state index in [1.165, 1.54) is 0 Å². The van der Waals surface area contributed by atoms with Crippen LogP contribution in [0.15, 0.2) is 29.2 Å². The van der Waals surface area contributed by atoms with Crippen LogP contribution in [0.2, 0.25) is 0 Å². The van der Waals surface area contributed by atoms with Gasteiger partial charge >= 0.3 is 6.09 Å². The molecular weight excluding hydrogens is 354 g/mol. The molecule has 1 aromatic carbocycles. The number of ether oxygens (including phenoxy) is 1. The molecule has 2 aliphatic rings. The number of amides is 1. The third-order valence-electron chi connectivity index (χ3n) is 4.97. The third-order valence-corrected chi connectivity index (χ3v) is 6.35. The van der Waals surface area contributed by atoms with E-state index in [2.05, 4.69) is 5.32 Å². The summed E-state index contributed by atoms with van der Waals surface area (Å²) in [5, 5.41) is 2.87. The Bertz CT molecular complexity index is 765. The van der Waals surface area contributed by atoms with Crippen molar-refractivity contribution in [3.8, 4) is 0 Å². The molecule has 0 unspecified atom stereocenters. The molecule has 2 aliphatic carbocycles.